The Morgan fingerprint density at radius 3 is 2.79 bits per heavy atom. The van der Waals surface area contributed by atoms with Crippen molar-refractivity contribution in [3.63, 3.8) is 0 Å². The van der Waals surface area contributed by atoms with Gasteiger partial charge >= 0.3 is 0 Å². The van der Waals surface area contributed by atoms with E-state index < -0.39 is 0 Å². The van der Waals surface area contributed by atoms with Gasteiger partial charge < -0.3 is 4.74 Å². The maximum atomic E-state index is 5.95. The normalized spacial score (nSPS) is 47.4. The lowest BCUT2D eigenvalue weighted by molar-refractivity contribution is -0.106. The lowest BCUT2D eigenvalue weighted by Gasteiger charge is -2.50. The zero-order valence-corrected chi connectivity index (χ0v) is 9.55. The van der Waals surface area contributed by atoms with E-state index in [2.05, 4.69) is 25.7 Å². The summed E-state index contributed by atoms with van der Waals surface area (Å²) >= 11 is 0. The fourth-order valence-corrected chi connectivity index (χ4v) is 4.17. The first-order valence-corrected chi connectivity index (χ1v) is 5.94. The summed E-state index contributed by atoms with van der Waals surface area (Å²) in [6.07, 6.45) is 4.53. The average molecular weight is 195 g/mol. The molecule has 0 amide bonds. The first kappa shape index (κ1) is 9.17. The molecule has 2 bridgehead atoms. The fraction of sp³-hybridized carbons (Fsp3) is 1.00. The third-order valence-corrected chi connectivity index (χ3v) is 4.72. The molecule has 14 heavy (non-hydrogen) atoms. The van der Waals surface area contributed by atoms with Crippen LogP contribution in [-0.2, 0) is 4.74 Å². The van der Waals surface area contributed by atoms with Crippen LogP contribution < -0.4 is 0 Å². The van der Waals surface area contributed by atoms with Crippen LogP contribution in [0.4, 0.5) is 0 Å². The Kier molecular flexibility index (Phi) is 1.66. The van der Waals surface area contributed by atoms with Gasteiger partial charge in [0.2, 0.25) is 0 Å². The van der Waals surface area contributed by atoms with E-state index in [1.165, 1.54) is 25.8 Å². The van der Waals surface area contributed by atoms with E-state index in [1.807, 2.05) is 0 Å². The molecule has 0 aromatic heterocycles. The zero-order valence-electron chi connectivity index (χ0n) is 9.55. The van der Waals surface area contributed by atoms with Crippen molar-refractivity contribution in [3.05, 3.63) is 0 Å². The summed E-state index contributed by atoms with van der Waals surface area (Å²) in [4.78, 5) is 2.77. The maximum absolute atomic E-state index is 5.95. The Morgan fingerprint density at radius 1 is 1.36 bits per heavy atom. The highest BCUT2D eigenvalue weighted by atomic mass is 16.5. The van der Waals surface area contributed by atoms with E-state index in [-0.39, 0.29) is 0 Å². The molecular formula is C12H21NO. The Labute approximate surface area is 86.6 Å². The fourth-order valence-electron chi connectivity index (χ4n) is 4.17. The SMILES string of the molecule is CC(C)(C)C12CCCN1C1COC2C1. The van der Waals surface area contributed by atoms with Crippen LogP contribution in [0.2, 0.25) is 0 Å². The standard InChI is InChI=1S/C12H21NO/c1-11(2,3)12-5-4-6-13(12)9-7-10(12)14-8-9/h9-10H,4-8H2,1-3H3. The topological polar surface area (TPSA) is 12.5 Å². The van der Waals surface area contributed by atoms with Crippen LogP contribution in [-0.4, -0.2) is 35.7 Å². The molecule has 0 aromatic rings. The lowest BCUT2D eigenvalue weighted by Crippen LogP contribution is -2.60. The summed E-state index contributed by atoms with van der Waals surface area (Å²) in [6, 6.07) is 0.738. The van der Waals surface area contributed by atoms with Crippen LogP contribution in [0.1, 0.15) is 40.0 Å². The quantitative estimate of drug-likeness (QED) is 0.586. The number of rotatable bonds is 0. The molecule has 0 saturated carbocycles. The summed E-state index contributed by atoms with van der Waals surface area (Å²) in [5.74, 6) is 0. The summed E-state index contributed by atoms with van der Waals surface area (Å²) in [7, 11) is 0. The lowest BCUT2D eigenvalue weighted by atomic mass is 9.69. The molecule has 0 aromatic carbocycles. The Bertz CT molecular complexity index is 258. The molecule has 80 valence electrons. The van der Waals surface area contributed by atoms with Gasteiger partial charge in [-0.05, 0) is 31.2 Å². The second-order valence-electron chi connectivity index (χ2n) is 6.18. The molecule has 3 aliphatic rings. The van der Waals surface area contributed by atoms with Crippen LogP contribution in [0.25, 0.3) is 0 Å². The molecule has 0 N–H and O–H groups in total. The number of morpholine rings is 1. The highest BCUT2D eigenvalue weighted by Gasteiger charge is 2.64. The molecule has 2 heteroatoms. The van der Waals surface area contributed by atoms with Gasteiger partial charge in [0.15, 0.2) is 0 Å². The molecule has 3 heterocycles. The third kappa shape index (κ3) is 0.849. The molecule has 3 aliphatic heterocycles. The van der Waals surface area contributed by atoms with E-state index in [9.17, 15) is 0 Å². The van der Waals surface area contributed by atoms with Gasteiger partial charge in [0.1, 0.15) is 0 Å². The van der Waals surface area contributed by atoms with E-state index >= 15 is 0 Å². The highest BCUT2D eigenvalue weighted by Crippen LogP contribution is 2.55. The summed E-state index contributed by atoms with van der Waals surface area (Å²) in [5.41, 5.74) is 0.735. The number of hydrogen-bond donors (Lipinski definition) is 0. The molecule has 3 rings (SSSR count). The smallest absolute Gasteiger partial charge is 0.0780 e. The number of nitrogens with zero attached hydrogens (tertiary/aromatic N) is 1. The predicted octanol–water partition coefficient (Wildman–Crippen LogP) is 2.04. The van der Waals surface area contributed by atoms with Crippen LogP contribution in [0.5, 0.6) is 0 Å². The monoisotopic (exact) mass is 195 g/mol. The van der Waals surface area contributed by atoms with Gasteiger partial charge in [-0.25, -0.2) is 0 Å². The van der Waals surface area contributed by atoms with Gasteiger partial charge in [-0.2, -0.15) is 0 Å². The third-order valence-electron chi connectivity index (χ3n) is 4.72. The zero-order chi connectivity index (χ0) is 9.97. The van der Waals surface area contributed by atoms with Crippen molar-refractivity contribution in [2.24, 2.45) is 5.41 Å². The van der Waals surface area contributed by atoms with Crippen molar-refractivity contribution >= 4 is 0 Å². The minimum absolute atomic E-state index is 0.364. The van der Waals surface area contributed by atoms with Gasteiger partial charge in [0.05, 0.1) is 18.2 Å². The molecule has 3 atom stereocenters. The second kappa shape index (κ2) is 2.53. The predicted molar refractivity (Wildman–Crippen MR) is 56.3 cm³/mol. The molecule has 2 nitrogen and oxygen atoms in total. The van der Waals surface area contributed by atoms with Gasteiger partial charge in [-0.15, -0.1) is 0 Å². The van der Waals surface area contributed by atoms with Crippen molar-refractivity contribution in [3.8, 4) is 0 Å². The van der Waals surface area contributed by atoms with Gasteiger partial charge in [0, 0.05) is 6.04 Å². The van der Waals surface area contributed by atoms with Gasteiger partial charge in [-0.1, -0.05) is 20.8 Å². The van der Waals surface area contributed by atoms with E-state index in [0.717, 1.165) is 12.6 Å². The van der Waals surface area contributed by atoms with Crippen molar-refractivity contribution in [2.45, 2.75) is 57.7 Å². The molecule has 0 spiro atoms. The van der Waals surface area contributed by atoms with Crippen molar-refractivity contribution < 1.29 is 4.74 Å². The molecular weight excluding hydrogens is 174 g/mol. The van der Waals surface area contributed by atoms with Crippen molar-refractivity contribution in [1.29, 1.82) is 0 Å². The summed E-state index contributed by atoms with van der Waals surface area (Å²) < 4.78 is 5.95. The number of fused-ring (bicyclic) bond motifs is 5. The van der Waals surface area contributed by atoms with E-state index in [0.29, 0.717) is 17.1 Å². The van der Waals surface area contributed by atoms with Crippen LogP contribution in [0.3, 0.4) is 0 Å². The van der Waals surface area contributed by atoms with Gasteiger partial charge in [0.25, 0.3) is 0 Å². The Balaban J connectivity index is 2.04. The van der Waals surface area contributed by atoms with Crippen LogP contribution in [0.15, 0.2) is 0 Å². The molecule has 3 unspecified atom stereocenters. The molecule has 0 radical (unpaired) electrons. The second-order valence-corrected chi connectivity index (χ2v) is 6.18. The van der Waals surface area contributed by atoms with Crippen molar-refractivity contribution in [2.75, 3.05) is 13.2 Å². The first-order valence-electron chi connectivity index (χ1n) is 5.94. The van der Waals surface area contributed by atoms with Crippen LogP contribution >= 0.6 is 0 Å². The number of ether oxygens (including phenoxy) is 1. The number of hydrogen-bond acceptors (Lipinski definition) is 2. The van der Waals surface area contributed by atoms with Gasteiger partial charge in [-0.3, -0.25) is 4.90 Å². The van der Waals surface area contributed by atoms with Crippen LogP contribution in [0, 0.1) is 5.41 Å². The molecule has 0 aliphatic carbocycles. The molecule has 3 saturated heterocycles. The molecule has 3 fully saturated rings. The largest absolute Gasteiger partial charge is 0.375 e. The first-order chi connectivity index (χ1) is 6.56. The van der Waals surface area contributed by atoms with E-state index in [4.69, 9.17) is 4.74 Å². The highest BCUT2D eigenvalue weighted by molar-refractivity contribution is 5.17. The Morgan fingerprint density at radius 2 is 2.14 bits per heavy atom. The van der Waals surface area contributed by atoms with Crippen molar-refractivity contribution in [1.82, 2.24) is 4.90 Å². The minimum Gasteiger partial charge on any atom is -0.375 e. The average Bonchev–Trinajstić information content (AvgIpc) is 2.74. The summed E-state index contributed by atoms with van der Waals surface area (Å²) in [5, 5.41) is 0. The Hall–Kier alpha value is -0.0800. The van der Waals surface area contributed by atoms with E-state index in [1.54, 1.807) is 0 Å². The maximum Gasteiger partial charge on any atom is 0.0780 e. The minimum atomic E-state index is 0.364. The summed E-state index contributed by atoms with van der Waals surface area (Å²) in [6.45, 7) is 9.45.